The lowest BCUT2D eigenvalue weighted by atomic mass is 9.74. The molecule has 1 atom stereocenters. The van der Waals surface area contributed by atoms with Gasteiger partial charge in [0.05, 0.1) is 5.69 Å². The number of rotatable bonds is 8. The van der Waals surface area contributed by atoms with Crippen molar-refractivity contribution < 1.29 is 0 Å². The van der Waals surface area contributed by atoms with Crippen molar-refractivity contribution in [1.82, 2.24) is 0 Å². The molecule has 288 valence electrons. The number of nitrogens with zero attached hydrogens (tertiary/aromatic N) is 1. The van der Waals surface area contributed by atoms with E-state index in [9.17, 15) is 0 Å². The molecule has 0 saturated heterocycles. The second kappa shape index (κ2) is 15.1. The maximum absolute atomic E-state index is 2.46. The molecule has 0 saturated carbocycles. The van der Waals surface area contributed by atoms with Crippen LogP contribution in [0.3, 0.4) is 0 Å². The summed E-state index contributed by atoms with van der Waals surface area (Å²) in [6.45, 7) is 2.39. The zero-order valence-corrected chi connectivity index (χ0v) is 34.0. The summed E-state index contributed by atoms with van der Waals surface area (Å²) in [5.74, 6) is 0. The van der Waals surface area contributed by atoms with Crippen LogP contribution in [0, 0.1) is 0 Å². The van der Waals surface area contributed by atoms with Crippen LogP contribution in [-0.2, 0) is 5.41 Å². The van der Waals surface area contributed by atoms with E-state index in [1.165, 1.54) is 83.1 Å². The van der Waals surface area contributed by atoms with Gasteiger partial charge >= 0.3 is 0 Å². The molecule has 0 aromatic heterocycles. The third-order valence-electron chi connectivity index (χ3n) is 12.8. The molecule has 0 heterocycles. The molecule has 1 unspecified atom stereocenters. The van der Waals surface area contributed by atoms with Gasteiger partial charge in [-0.15, -0.1) is 0 Å². The molecule has 0 spiro atoms. The molecule has 1 nitrogen and oxygen atoms in total. The van der Waals surface area contributed by atoms with Crippen LogP contribution >= 0.6 is 0 Å². The molecule has 10 aromatic carbocycles. The van der Waals surface area contributed by atoms with Gasteiger partial charge in [0.25, 0.3) is 0 Å². The van der Waals surface area contributed by atoms with E-state index in [0.717, 1.165) is 17.1 Å². The number of anilines is 3. The fraction of sp³-hybridized carbons (Fsp3) is 0.0333. The van der Waals surface area contributed by atoms with E-state index >= 15 is 0 Å². The molecule has 0 N–H and O–H groups in total. The Bertz CT molecular complexity index is 3170. The summed E-state index contributed by atoms with van der Waals surface area (Å²) in [7, 11) is 0. The molecule has 1 heteroatoms. The molecule has 11 rings (SSSR count). The Morgan fingerprint density at radius 3 is 1.48 bits per heavy atom. The van der Waals surface area contributed by atoms with Crippen molar-refractivity contribution in [2.24, 2.45) is 0 Å². The molecular weight excluding hydrogens is 735 g/mol. The van der Waals surface area contributed by atoms with Crippen LogP contribution in [-0.4, -0.2) is 0 Å². The van der Waals surface area contributed by atoms with Crippen LogP contribution < -0.4 is 4.90 Å². The number of hydrogen-bond acceptors (Lipinski definition) is 1. The number of benzene rings is 10. The summed E-state index contributed by atoms with van der Waals surface area (Å²) < 4.78 is 0. The Hall–Kier alpha value is -7.74. The zero-order valence-electron chi connectivity index (χ0n) is 34.0. The normalized spacial score (nSPS) is 14.0. The summed E-state index contributed by atoms with van der Waals surface area (Å²) in [6.07, 6.45) is 0. The van der Waals surface area contributed by atoms with E-state index in [1.807, 2.05) is 0 Å². The van der Waals surface area contributed by atoms with Crippen molar-refractivity contribution in [2.45, 2.75) is 12.3 Å². The fourth-order valence-electron chi connectivity index (χ4n) is 9.56. The van der Waals surface area contributed by atoms with Crippen molar-refractivity contribution in [3.05, 3.63) is 259 Å². The SMILES string of the molecule is CC1(c2ccccc2)c2ccccc2-c2c(N(c3ccc(-c4ccc(-c5ccc6ccccc6c5)cc4)cc3)c3cccc(-c4ccc(-c5ccccc5)cc4)c3)cccc21. The largest absolute Gasteiger partial charge is 0.310 e. The highest BCUT2D eigenvalue weighted by Gasteiger charge is 2.42. The molecule has 0 amide bonds. The van der Waals surface area contributed by atoms with Crippen LogP contribution in [0.4, 0.5) is 17.1 Å². The van der Waals surface area contributed by atoms with Crippen molar-refractivity contribution in [3.63, 3.8) is 0 Å². The Kier molecular flexibility index (Phi) is 9.02. The predicted molar refractivity (Wildman–Crippen MR) is 258 cm³/mol. The van der Waals surface area contributed by atoms with Crippen molar-refractivity contribution in [2.75, 3.05) is 4.90 Å². The zero-order chi connectivity index (χ0) is 40.8. The lowest BCUT2D eigenvalue weighted by Gasteiger charge is -2.31. The van der Waals surface area contributed by atoms with Gasteiger partial charge in [-0.3, -0.25) is 0 Å². The van der Waals surface area contributed by atoms with Crippen LogP contribution in [0.15, 0.2) is 243 Å². The first-order chi connectivity index (χ1) is 30.1. The summed E-state index contributed by atoms with van der Waals surface area (Å²) in [4.78, 5) is 2.46. The average Bonchev–Trinajstić information content (AvgIpc) is 3.61. The maximum Gasteiger partial charge on any atom is 0.0543 e. The van der Waals surface area contributed by atoms with Gasteiger partial charge in [-0.1, -0.05) is 206 Å². The van der Waals surface area contributed by atoms with Crippen LogP contribution in [0.1, 0.15) is 23.6 Å². The van der Waals surface area contributed by atoms with E-state index in [2.05, 4.69) is 254 Å². The Balaban J connectivity index is 1.02. The highest BCUT2D eigenvalue weighted by Crippen LogP contribution is 2.56. The molecule has 0 bridgehead atoms. The molecule has 61 heavy (non-hydrogen) atoms. The van der Waals surface area contributed by atoms with Crippen LogP contribution in [0.5, 0.6) is 0 Å². The third kappa shape index (κ3) is 6.43. The number of fused-ring (bicyclic) bond motifs is 4. The van der Waals surface area contributed by atoms with E-state index in [4.69, 9.17) is 0 Å². The lowest BCUT2D eigenvalue weighted by Crippen LogP contribution is -2.22. The van der Waals surface area contributed by atoms with Gasteiger partial charge in [-0.05, 0) is 121 Å². The molecule has 10 aromatic rings. The molecular formula is C60H43N. The van der Waals surface area contributed by atoms with Crippen molar-refractivity contribution >= 4 is 27.8 Å². The lowest BCUT2D eigenvalue weighted by molar-refractivity contribution is 0.714. The predicted octanol–water partition coefficient (Wildman–Crippen LogP) is 16.3. The smallest absolute Gasteiger partial charge is 0.0543 e. The minimum Gasteiger partial charge on any atom is -0.310 e. The molecule has 1 aliphatic carbocycles. The average molecular weight is 778 g/mol. The Morgan fingerprint density at radius 2 is 0.787 bits per heavy atom. The first-order valence-electron chi connectivity index (χ1n) is 21.2. The molecule has 0 radical (unpaired) electrons. The molecule has 0 aliphatic heterocycles. The second-order valence-electron chi connectivity index (χ2n) is 16.3. The van der Waals surface area contributed by atoms with Gasteiger partial charge in [0, 0.05) is 22.4 Å². The monoisotopic (exact) mass is 777 g/mol. The van der Waals surface area contributed by atoms with E-state index in [-0.39, 0.29) is 5.41 Å². The highest BCUT2D eigenvalue weighted by molar-refractivity contribution is 5.97. The number of hydrogen-bond donors (Lipinski definition) is 0. The molecule has 0 fully saturated rings. The summed E-state index contributed by atoms with van der Waals surface area (Å²) >= 11 is 0. The van der Waals surface area contributed by atoms with E-state index < -0.39 is 0 Å². The minimum atomic E-state index is -0.305. The third-order valence-corrected chi connectivity index (χ3v) is 12.8. The van der Waals surface area contributed by atoms with Crippen molar-refractivity contribution in [3.8, 4) is 55.6 Å². The highest BCUT2D eigenvalue weighted by atomic mass is 15.1. The summed E-state index contributed by atoms with van der Waals surface area (Å²) in [5, 5.41) is 2.52. The Labute approximate surface area is 358 Å². The van der Waals surface area contributed by atoms with Gasteiger partial charge in [-0.25, -0.2) is 0 Å². The van der Waals surface area contributed by atoms with Gasteiger partial charge < -0.3 is 4.90 Å². The van der Waals surface area contributed by atoms with Gasteiger partial charge in [0.2, 0.25) is 0 Å². The quantitative estimate of drug-likeness (QED) is 0.149. The first kappa shape index (κ1) is 36.3. The molecule has 1 aliphatic rings. The maximum atomic E-state index is 2.46. The van der Waals surface area contributed by atoms with Gasteiger partial charge in [0.15, 0.2) is 0 Å². The second-order valence-corrected chi connectivity index (χ2v) is 16.3. The van der Waals surface area contributed by atoms with Gasteiger partial charge in [0.1, 0.15) is 0 Å². The summed E-state index contributed by atoms with van der Waals surface area (Å²) in [5.41, 5.74) is 19.2. The van der Waals surface area contributed by atoms with E-state index in [1.54, 1.807) is 0 Å². The standard InChI is InChI=1S/C60H43N/c1-60(52-19-6-3-7-20-52)56-23-11-10-22-55(56)59-57(60)24-13-25-58(59)61(54-21-12-18-50(41-54)47-30-26-44(27-31-47)42-14-4-2-5-15-42)53-38-36-46(37-39-53)45-28-32-48(33-29-45)51-35-34-43-16-8-9-17-49(43)40-51/h2-41H,1H3. The van der Waals surface area contributed by atoms with Crippen molar-refractivity contribution in [1.29, 1.82) is 0 Å². The first-order valence-corrected chi connectivity index (χ1v) is 21.2. The minimum absolute atomic E-state index is 0.305. The summed E-state index contributed by atoms with van der Waals surface area (Å²) in [6, 6.07) is 88.7. The van der Waals surface area contributed by atoms with Crippen LogP contribution in [0.25, 0.3) is 66.4 Å². The Morgan fingerprint density at radius 1 is 0.311 bits per heavy atom. The topological polar surface area (TPSA) is 3.24 Å². The fourth-order valence-corrected chi connectivity index (χ4v) is 9.56. The van der Waals surface area contributed by atoms with E-state index in [0.29, 0.717) is 0 Å². The van der Waals surface area contributed by atoms with Gasteiger partial charge in [-0.2, -0.15) is 0 Å². The van der Waals surface area contributed by atoms with Crippen LogP contribution in [0.2, 0.25) is 0 Å².